The van der Waals surface area contributed by atoms with Gasteiger partial charge in [0.15, 0.2) is 0 Å². The van der Waals surface area contributed by atoms with Crippen molar-refractivity contribution in [3.05, 3.63) is 28.7 Å². The lowest BCUT2D eigenvalue weighted by Crippen LogP contribution is -2.44. The number of carbonyl (C=O) groups is 3. The van der Waals surface area contributed by atoms with Crippen LogP contribution >= 0.6 is 24.0 Å². The fourth-order valence-corrected chi connectivity index (χ4v) is 3.80. The molecule has 2 rings (SSSR count). The van der Waals surface area contributed by atoms with Crippen LogP contribution in [0.25, 0.3) is 6.08 Å². The lowest BCUT2D eigenvalue weighted by molar-refractivity contribution is -0.146. The van der Waals surface area contributed by atoms with Crippen LogP contribution in [0.3, 0.4) is 0 Å². The number of hydrogen-bond donors (Lipinski definition) is 2. The molecule has 27 heavy (non-hydrogen) atoms. The van der Waals surface area contributed by atoms with Gasteiger partial charge in [0.2, 0.25) is 0 Å². The summed E-state index contributed by atoms with van der Waals surface area (Å²) in [5, 5.41) is 18.2. The van der Waals surface area contributed by atoms with Crippen LogP contribution in [0, 0.1) is 0 Å². The zero-order chi connectivity index (χ0) is 20.1. The number of amides is 1. The number of aliphatic carboxylic acids is 2. The van der Waals surface area contributed by atoms with Crippen LogP contribution in [0.4, 0.5) is 0 Å². The molecule has 0 aliphatic carbocycles. The number of carbonyl (C=O) groups excluding carboxylic acids is 1. The van der Waals surface area contributed by atoms with Crippen LogP contribution in [0.2, 0.25) is 0 Å². The number of nitrogens with zero attached hydrogens (tertiary/aromatic N) is 1. The van der Waals surface area contributed by atoms with Crippen LogP contribution in [0.15, 0.2) is 23.1 Å². The van der Waals surface area contributed by atoms with Gasteiger partial charge in [-0.05, 0) is 24.6 Å². The molecule has 0 saturated carbocycles. The molecule has 0 spiro atoms. The number of hydrogen-bond acceptors (Lipinski definition) is 7. The zero-order valence-electron chi connectivity index (χ0n) is 14.5. The molecule has 0 bridgehead atoms. The Morgan fingerprint density at radius 2 is 2.00 bits per heavy atom. The Morgan fingerprint density at radius 1 is 1.30 bits per heavy atom. The van der Waals surface area contributed by atoms with E-state index in [-0.39, 0.29) is 22.1 Å². The van der Waals surface area contributed by atoms with Gasteiger partial charge in [-0.1, -0.05) is 24.0 Å². The molecule has 0 unspecified atom stereocenters. The van der Waals surface area contributed by atoms with E-state index in [1.54, 1.807) is 24.3 Å². The Morgan fingerprint density at radius 3 is 2.56 bits per heavy atom. The molecular formula is C17H17NO7S2. The van der Waals surface area contributed by atoms with Gasteiger partial charge >= 0.3 is 11.9 Å². The van der Waals surface area contributed by atoms with Crippen molar-refractivity contribution in [3.63, 3.8) is 0 Å². The number of carboxylic acid groups (broad SMARTS) is 2. The van der Waals surface area contributed by atoms with E-state index in [0.29, 0.717) is 17.1 Å². The third-order valence-corrected chi connectivity index (χ3v) is 5.11. The highest BCUT2D eigenvalue weighted by Crippen LogP contribution is 2.36. The highest BCUT2D eigenvalue weighted by Gasteiger charge is 2.40. The first kappa shape index (κ1) is 20.7. The molecule has 10 heteroatoms. The maximum absolute atomic E-state index is 12.7. The first-order valence-electron chi connectivity index (χ1n) is 7.72. The SMILES string of the molecule is COc1ccc(/C=C2\SC(=S)N([C@@H](CCC(=O)O)C(=O)O)C2=O)c(OC)c1. The van der Waals surface area contributed by atoms with Crippen LogP contribution in [-0.2, 0) is 14.4 Å². The molecule has 1 atom stereocenters. The predicted molar refractivity (Wildman–Crippen MR) is 103 cm³/mol. The third-order valence-electron chi connectivity index (χ3n) is 3.78. The molecule has 2 N–H and O–H groups in total. The van der Waals surface area contributed by atoms with Gasteiger partial charge in [0.1, 0.15) is 21.9 Å². The van der Waals surface area contributed by atoms with Crippen LogP contribution in [0.1, 0.15) is 18.4 Å². The van der Waals surface area contributed by atoms with E-state index >= 15 is 0 Å². The number of benzene rings is 1. The third kappa shape index (κ3) is 4.77. The van der Waals surface area contributed by atoms with Crippen LogP contribution in [-0.4, -0.2) is 57.5 Å². The van der Waals surface area contributed by atoms with Crippen molar-refractivity contribution in [1.29, 1.82) is 0 Å². The second kappa shape index (κ2) is 8.87. The van der Waals surface area contributed by atoms with Crippen molar-refractivity contribution < 1.29 is 34.1 Å². The maximum Gasteiger partial charge on any atom is 0.326 e. The van der Waals surface area contributed by atoms with E-state index in [9.17, 15) is 19.5 Å². The van der Waals surface area contributed by atoms with Gasteiger partial charge in [-0.3, -0.25) is 14.5 Å². The number of carboxylic acids is 2. The van der Waals surface area contributed by atoms with Gasteiger partial charge < -0.3 is 19.7 Å². The van der Waals surface area contributed by atoms with Gasteiger partial charge in [0.25, 0.3) is 5.91 Å². The molecule has 1 heterocycles. The van der Waals surface area contributed by atoms with E-state index < -0.39 is 23.9 Å². The molecule has 1 aromatic carbocycles. The number of ether oxygens (including phenoxy) is 2. The molecule has 1 saturated heterocycles. The smallest absolute Gasteiger partial charge is 0.326 e. The molecule has 1 aliphatic heterocycles. The average Bonchev–Trinajstić information content (AvgIpc) is 2.89. The summed E-state index contributed by atoms with van der Waals surface area (Å²) in [6.07, 6.45) is 0.920. The van der Waals surface area contributed by atoms with Gasteiger partial charge in [-0.2, -0.15) is 0 Å². The quantitative estimate of drug-likeness (QED) is 0.491. The van der Waals surface area contributed by atoms with Crippen LogP contribution < -0.4 is 9.47 Å². The van der Waals surface area contributed by atoms with Crippen molar-refractivity contribution in [2.45, 2.75) is 18.9 Å². The van der Waals surface area contributed by atoms with E-state index in [4.69, 9.17) is 26.8 Å². The second-order valence-corrected chi connectivity index (χ2v) is 7.12. The summed E-state index contributed by atoms with van der Waals surface area (Å²) in [6, 6.07) is 3.71. The lowest BCUT2D eigenvalue weighted by Gasteiger charge is -2.22. The molecule has 144 valence electrons. The highest BCUT2D eigenvalue weighted by molar-refractivity contribution is 8.26. The minimum Gasteiger partial charge on any atom is -0.497 e. The van der Waals surface area contributed by atoms with Gasteiger partial charge in [-0.15, -0.1) is 0 Å². The Hall–Kier alpha value is -2.59. The maximum atomic E-state index is 12.7. The predicted octanol–water partition coefficient (Wildman–Crippen LogP) is 2.22. The summed E-state index contributed by atoms with van der Waals surface area (Å²) >= 11 is 6.11. The molecule has 1 aliphatic rings. The minimum atomic E-state index is -1.34. The Labute approximate surface area is 164 Å². The lowest BCUT2D eigenvalue weighted by atomic mass is 10.1. The molecule has 0 aromatic heterocycles. The van der Waals surface area contributed by atoms with Gasteiger partial charge in [0, 0.05) is 18.1 Å². The number of thiocarbonyl (C=S) groups is 1. The van der Waals surface area contributed by atoms with Crippen molar-refractivity contribution in [2.75, 3.05) is 14.2 Å². The van der Waals surface area contributed by atoms with E-state index in [0.717, 1.165) is 16.7 Å². The number of rotatable bonds is 8. The summed E-state index contributed by atoms with van der Waals surface area (Å²) in [6.45, 7) is 0. The molecule has 0 radical (unpaired) electrons. The van der Waals surface area contributed by atoms with Gasteiger partial charge in [0.05, 0.1) is 19.1 Å². The number of thioether (sulfide) groups is 1. The van der Waals surface area contributed by atoms with E-state index in [1.807, 2.05) is 0 Å². The van der Waals surface area contributed by atoms with E-state index in [2.05, 4.69) is 0 Å². The monoisotopic (exact) mass is 411 g/mol. The second-order valence-electron chi connectivity index (χ2n) is 5.45. The van der Waals surface area contributed by atoms with Crippen molar-refractivity contribution in [2.24, 2.45) is 0 Å². The van der Waals surface area contributed by atoms with Crippen molar-refractivity contribution >= 4 is 52.2 Å². The number of methoxy groups -OCH3 is 2. The van der Waals surface area contributed by atoms with Crippen molar-refractivity contribution in [1.82, 2.24) is 4.90 Å². The highest BCUT2D eigenvalue weighted by atomic mass is 32.2. The summed E-state index contributed by atoms with van der Waals surface area (Å²) in [7, 11) is 2.99. The topological polar surface area (TPSA) is 113 Å². The molecule has 1 aromatic rings. The Bertz CT molecular complexity index is 821. The van der Waals surface area contributed by atoms with Gasteiger partial charge in [-0.25, -0.2) is 4.79 Å². The average molecular weight is 411 g/mol. The Balaban J connectivity index is 2.33. The largest absolute Gasteiger partial charge is 0.497 e. The fraction of sp³-hybridized carbons (Fsp3) is 0.294. The minimum absolute atomic E-state index is 0.0662. The first-order valence-corrected chi connectivity index (χ1v) is 8.94. The van der Waals surface area contributed by atoms with Crippen LogP contribution in [0.5, 0.6) is 11.5 Å². The standard InChI is InChI=1S/C17H17NO7S2/c1-24-10-4-3-9(12(8-10)25-2)7-13-15(21)18(17(26)27-13)11(16(22)23)5-6-14(19)20/h3-4,7-8,11H,5-6H2,1-2H3,(H,19,20)(H,22,23)/b13-7-/t11-/m0/s1. The fourth-order valence-electron chi connectivity index (χ4n) is 2.45. The summed E-state index contributed by atoms with van der Waals surface area (Å²) in [5.74, 6) is -1.99. The normalized spacial score (nSPS) is 16.5. The molecule has 8 nitrogen and oxygen atoms in total. The van der Waals surface area contributed by atoms with E-state index in [1.165, 1.54) is 14.2 Å². The van der Waals surface area contributed by atoms with Crippen molar-refractivity contribution in [3.8, 4) is 11.5 Å². The molecule has 1 fully saturated rings. The molecule has 1 amide bonds. The summed E-state index contributed by atoms with van der Waals surface area (Å²) < 4.78 is 10.5. The summed E-state index contributed by atoms with van der Waals surface area (Å²) in [4.78, 5) is 36.2. The summed E-state index contributed by atoms with van der Waals surface area (Å²) in [5.41, 5.74) is 0.594. The molecular weight excluding hydrogens is 394 g/mol. The Kier molecular flexibility index (Phi) is 6.81. The first-order chi connectivity index (χ1) is 12.8. The zero-order valence-corrected chi connectivity index (χ0v) is 16.1.